The molecule has 0 aliphatic heterocycles. The molecule has 1 aromatic carbocycles. The highest BCUT2D eigenvalue weighted by atomic mass is 16.5. The van der Waals surface area contributed by atoms with E-state index in [4.69, 9.17) is 13.7 Å². The van der Waals surface area contributed by atoms with E-state index in [2.05, 4.69) is 10.1 Å². The third kappa shape index (κ3) is 2.07. The van der Waals surface area contributed by atoms with Gasteiger partial charge in [-0.25, -0.2) is 4.98 Å². The van der Waals surface area contributed by atoms with Gasteiger partial charge in [0.15, 0.2) is 17.7 Å². The summed E-state index contributed by atoms with van der Waals surface area (Å²) in [6.07, 6.45) is 2.24. The van der Waals surface area contributed by atoms with Gasteiger partial charge in [-0.15, -0.1) is 0 Å². The van der Waals surface area contributed by atoms with Crippen molar-refractivity contribution < 1.29 is 13.7 Å². The molecule has 0 N–H and O–H groups in total. The highest BCUT2D eigenvalue weighted by Crippen LogP contribution is 2.26. The number of hydrogen-bond acceptors (Lipinski definition) is 5. The summed E-state index contributed by atoms with van der Waals surface area (Å²) in [5, 5.41) is 4.01. The Morgan fingerprint density at radius 1 is 1.32 bits per heavy atom. The fourth-order valence-electron chi connectivity index (χ4n) is 2.02. The zero-order chi connectivity index (χ0) is 13.2. The summed E-state index contributed by atoms with van der Waals surface area (Å²) in [5.41, 5.74) is 3.38. The Balaban J connectivity index is 1.86. The summed E-state index contributed by atoms with van der Waals surface area (Å²) in [5.74, 6) is 1.47. The van der Waals surface area contributed by atoms with Crippen molar-refractivity contribution in [1.29, 1.82) is 0 Å². The molecule has 19 heavy (non-hydrogen) atoms. The molecule has 0 unspecified atom stereocenters. The van der Waals surface area contributed by atoms with Crippen LogP contribution in [0.5, 0.6) is 5.75 Å². The number of ether oxygens (including phenoxy) is 1. The van der Waals surface area contributed by atoms with Gasteiger partial charge < -0.3 is 13.7 Å². The number of aromatic nitrogens is 2. The lowest BCUT2D eigenvalue weighted by Gasteiger charge is -2.06. The third-order valence-corrected chi connectivity index (χ3v) is 3.09. The van der Waals surface area contributed by atoms with E-state index in [0.29, 0.717) is 17.9 Å². The first-order valence-electron chi connectivity index (χ1n) is 6.18. The van der Waals surface area contributed by atoms with Crippen molar-refractivity contribution in [2.24, 2.45) is 0 Å². The average Bonchev–Trinajstić information content (AvgIpc) is 3.03. The molecule has 0 amide bonds. The maximum Gasteiger partial charge on any atom is 0.196 e. The maximum atomic E-state index is 5.81. The van der Waals surface area contributed by atoms with Crippen molar-refractivity contribution in [2.75, 3.05) is 0 Å². The Morgan fingerprint density at radius 2 is 2.21 bits per heavy atom. The Morgan fingerprint density at radius 3 is 3.05 bits per heavy atom. The van der Waals surface area contributed by atoms with Gasteiger partial charge in [-0.3, -0.25) is 0 Å². The smallest absolute Gasteiger partial charge is 0.196 e. The SMILES string of the molecule is CCc1noc(C)c1COc1cccc2ncoc12. The quantitative estimate of drug-likeness (QED) is 0.718. The summed E-state index contributed by atoms with van der Waals surface area (Å²) < 4.78 is 16.3. The lowest BCUT2D eigenvalue weighted by atomic mass is 10.2. The first-order chi connectivity index (χ1) is 9.29. The van der Waals surface area contributed by atoms with Gasteiger partial charge in [0, 0.05) is 0 Å². The van der Waals surface area contributed by atoms with Crippen LogP contribution in [-0.2, 0) is 13.0 Å². The van der Waals surface area contributed by atoms with E-state index in [1.807, 2.05) is 32.0 Å². The summed E-state index contributed by atoms with van der Waals surface area (Å²) in [4.78, 5) is 4.10. The number of para-hydroxylation sites is 1. The zero-order valence-electron chi connectivity index (χ0n) is 10.8. The predicted octanol–water partition coefficient (Wildman–Crippen LogP) is 3.27. The molecular weight excluding hydrogens is 244 g/mol. The van der Waals surface area contributed by atoms with Crippen LogP contribution in [0.3, 0.4) is 0 Å². The van der Waals surface area contributed by atoms with Crippen molar-refractivity contribution in [1.82, 2.24) is 10.1 Å². The molecule has 0 spiro atoms. The second-order valence-electron chi connectivity index (χ2n) is 4.26. The predicted molar refractivity (Wildman–Crippen MR) is 69.0 cm³/mol. The van der Waals surface area contributed by atoms with Crippen LogP contribution in [-0.4, -0.2) is 10.1 Å². The molecule has 0 fully saturated rings. The summed E-state index contributed by atoms with van der Waals surface area (Å²) in [6, 6.07) is 5.64. The molecule has 3 aromatic rings. The molecule has 98 valence electrons. The maximum absolute atomic E-state index is 5.81. The molecule has 5 nitrogen and oxygen atoms in total. The second kappa shape index (κ2) is 4.76. The molecule has 0 saturated carbocycles. The van der Waals surface area contributed by atoms with Crippen LogP contribution in [0.2, 0.25) is 0 Å². The largest absolute Gasteiger partial charge is 0.485 e. The van der Waals surface area contributed by atoms with E-state index in [9.17, 15) is 0 Å². The molecule has 0 saturated heterocycles. The van der Waals surface area contributed by atoms with Gasteiger partial charge in [-0.05, 0) is 25.5 Å². The fraction of sp³-hybridized carbons (Fsp3) is 0.286. The highest BCUT2D eigenvalue weighted by Gasteiger charge is 2.13. The number of rotatable bonds is 4. The number of aryl methyl sites for hydroxylation is 2. The van der Waals surface area contributed by atoms with E-state index >= 15 is 0 Å². The van der Waals surface area contributed by atoms with Crippen LogP contribution in [0.15, 0.2) is 33.5 Å². The average molecular weight is 258 g/mol. The fourth-order valence-corrected chi connectivity index (χ4v) is 2.02. The number of hydrogen-bond donors (Lipinski definition) is 0. The van der Waals surface area contributed by atoms with Gasteiger partial charge in [0.25, 0.3) is 0 Å². The van der Waals surface area contributed by atoms with Gasteiger partial charge in [0.2, 0.25) is 0 Å². The van der Waals surface area contributed by atoms with Crippen molar-refractivity contribution in [3.05, 3.63) is 41.6 Å². The van der Waals surface area contributed by atoms with Crippen LogP contribution in [0.1, 0.15) is 23.9 Å². The molecular formula is C14H14N2O3. The van der Waals surface area contributed by atoms with E-state index in [-0.39, 0.29) is 0 Å². The van der Waals surface area contributed by atoms with Crippen LogP contribution < -0.4 is 4.74 Å². The van der Waals surface area contributed by atoms with Crippen LogP contribution in [0.25, 0.3) is 11.1 Å². The van der Waals surface area contributed by atoms with Crippen LogP contribution >= 0.6 is 0 Å². The van der Waals surface area contributed by atoms with Crippen molar-refractivity contribution >= 4 is 11.1 Å². The Kier molecular flexibility index (Phi) is 2.95. The Hall–Kier alpha value is -2.30. The summed E-state index contributed by atoms with van der Waals surface area (Å²) in [7, 11) is 0. The lowest BCUT2D eigenvalue weighted by molar-refractivity contribution is 0.300. The number of oxazole rings is 1. The minimum Gasteiger partial charge on any atom is -0.485 e. The van der Waals surface area contributed by atoms with Crippen LogP contribution in [0, 0.1) is 6.92 Å². The molecule has 0 radical (unpaired) electrons. The number of benzene rings is 1. The van der Waals surface area contributed by atoms with E-state index < -0.39 is 0 Å². The molecule has 2 aromatic heterocycles. The minimum atomic E-state index is 0.415. The molecule has 2 heterocycles. The topological polar surface area (TPSA) is 61.3 Å². The highest BCUT2D eigenvalue weighted by molar-refractivity contribution is 5.78. The Labute approximate surface area is 110 Å². The van der Waals surface area contributed by atoms with E-state index in [1.165, 1.54) is 6.39 Å². The summed E-state index contributed by atoms with van der Waals surface area (Å²) >= 11 is 0. The van der Waals surface area contributed by atoms with E-state index in [1.54, 1.807) is 0 Å². The van der Waals surface area contributed by atoms with Crippen LogP contribution in [0.4, 0.5) is 0 Å². The van der Waals surface area contributed by atoms with Gasteiger partial charge in [-0.2, -0.15) is 0 Å². The molecule has 0 aliphatic rings. The minimum absolute atomic E-state index is 0.415. The zero-order valence-corrected chi connectivity index (χ0v) is 10.8. The molecule has 3 rings (SSSR count). The van der Waals surface area contributed by atoms with Gasteiger partial charge in [0.05, 0.1) is 11.3 Å². The first-order valence-corrected chi connectivity index (χ1v) is 6.18. The third-order valence-electron chi connectivity index (χ3n) is 3.09. The van der Waals surface area contributed by atoms with Crippen molar-refractivity contribution in [2.45, 2.75) is 26.9 Å². The lowest BCUT2D eigenvalue weighted by Crippen LogP contribution is -1.99. The normalized spacial score (nSPS) is 11.1. The van der Waals surface area contributed by atoms with Crippen molar-refractivity contribution in [3.63, 3.8) is 0 Å². The number of nitrogens with zero attached hydrogens (tertiary/aromatic N) is 2. The molecule has 0 aliphatic carbocycles. The van der Waals surface area contributed by atoms with Crippen molar-refractivity contribution in [3.8, 4) is 5.75 Å². The monoisotopic (exact) mass is 258 g/mol. The second-order valence-corrected chi connectivity index (χ2v) is 4.26. The first kappa shape index (κ1) is 11.8. The Bertz CT molecular complexity index is 700. The molecule has 5 heteroatoms. The van der Waals surface area contributed by atoms with E-state index in [0.717, 1.165) is 29.0 Å². The van der Waals surface area contributed by atoms with Gasteiger partial charge >= 0.3 is 0 Å². The molecule has 0 atom stereocenters. The summed E-state index contributed by atoms with van der Waals surface area (Å²) in [6.45, 7) is 4.34. The molecule has 0 bridgehead atoms. The number of fused-ring (bicyclic) bond motifs is 1. The van der Waals surface area contributed by atoms with Gasteiger partial charge in [-0.1, -0.05) is 18.1 Å². The van der Waals surface area contributed by atoms with Gasteiger partial charge in [0.1, 0.15) is 17.9 Å². The standard InChI is InChI=1S/C14H14N2O3/c1-3-11-10(9(2)19-16-11)7-17-13-6-4-5-12-14(13)18-8-15-12/h4-6,8H,3,7H2,1-2H3.